The molecule has 1 rings (SSSR count). The second kappa shape index (κ2) is 5.98. The Morgan fingerprint density at radius 1 is 1.24 bits per heavy atom. The maximum absolute atomic E-state index is 11.6. The van der Waals surface area contributed by atoms with E-state index in [2.05, 4.69) is 0 Å². The molecule has 0 spiro atoms. The van der Waals surface area contributed by atoms with Crippen LogP contribution in [0, 0.1) is 0 Å². The third kappa shape index (κ3) is 3.03. The molecule has 0 atom stereocenters. The molecule has 1 aromatic carbocycles. The van der Waals surface area contributed by atoms with E-state index in [4.69, 9.17) is 14.2 Å². The molecule has 0 saturated heterocycles. The molecule has 0 heterocycles. The molecular weight excluding hydrogens is 224 g/mol. The van der Waals surface area contributed by atoms with E-state index >= 15 is 0 Å². The summed E-state index contributed by atoms with van der Waals surface area (Å²) >= 11 is 0. The number of aromatic hydroxyl groups is 1. The highest BCUT2D eigenvalue weighted by Crippen LogP contribution is 2.37. The second-order valence-electron chi connectivity index (χ2n) is 3.37. The average Bonchev–Trinajstić information content (AvgIpc) is 2.36. The van der Waals surface area contributed by atoms with Crippen LogP contribution in [0.15, 0.2) is 12.1 Å². The number of phenolic OH excluding ortho intramolecular Hbond substituents is 1. The average molecular weight is 240 g/mol. The summed E-state index contributed by atoms with van der Waals surface area (Å²) in [6.45, 7) is 2.26. The number of hydrogen-bond donors (Lipinski definition) is 1. The monoisotopic (exact) mass is 240 g/mol. The fourth-order valence-electron chi connectivity index (χ4n) is 1.29. The quantitative estimate of drug-likeness (QED) is 0.797. The fraction of sp³-hybridized carbons (Fsp3) is 0.417. The first kappa shape index (κ1) is 13.2. The Balaban J connectivity index is 3.04. The van der Waals surface area contributed by atoms with Crippen molar-refractivity contribution in [2.75, 3.05) is 20.8 Å². The first-order valence-electron chi connectivity index (χ1n) is 5.26. The van der Waals surface area contributed by atoms with Gasteiger partial charge < -0.3 is 19.3 Å². The maximum Gasteiger partial charge on any atom is 0.338 e. The van der Waals surface area contributed by atoms with Crippen LogP contribution in [0.25, 0.3) is 0 Å². The van der Waals surface area contributed by atoms with Gasteiger partial charge in [-0.1, -0.05) is 6.92 Å². The third-order valence-corrected chi connectivity index (χ3v) is 2.15. The van der Waals surface area contributed by atoms with Gasteiger partial charge in [-0.2, -0.15) is 0 Å². The summed E-state index contributed by atoms with van der Waals surface area (Å²) in [5, 5.41) is 9.67. The lowest BCUT2D eigenvalue weighted by atomic mass is 10.2. The van der Waals surface area contributed by atoms with Gasteiger partial charge in [-0.15, -0.1) is 0 Å². The van der Waals surface area contributed by atoms with Gasteiger partial charge in [-0.05, 0) is 18.6 Å². The van der Waals surface area contributed by atoms with Crippen LogP contribution in [0.5, 0.6) is 17.2 Å². The molecule has 1 aromatic rings. The molecular formula is C12H16O5. The van der Waals surface area contributed by atoms with Crippen LogP contribution < -0.4 is 9.47 Å². The topological polar surface area (TPSA) is 65.0 Å². The predicted octanol–water partition coefficient (Wildman–Crippen LogP) is 1.98. The normalized spacial score (nSPS) is 9.82. The lowest BCUT2D eigenvalue weighted by Gasteiger charge is -2.10. The van der Waals surface area contributed by atoms with Gasteiger partial charge in [-0.3, -0.25) is 0 Å². The van der Waals surface area contributed by atoms with Crippen molar-refractivity contribution in [3.8, 4) is 17.2 Å². The lowest BCUT2D eigenvalue weighted by molar-refractivity contribution is 0.0504. The molecule has 1 N–H and O–H groups in total. The molecule has 0 fully saturated rings. The van der Waals surface area contributed by atoms with Gasteiger partial charge >= 0.3 is 5.97 Å². The van der Waals surface area contributed by atoms with E-state index in [0.29, 0.717) is 6.61 Å². The Kier molecular flexibility index (Phi) is 4.63. The molecule has 94 valence electrons. The van der Waals surface area contributed by atoms with E-state index in [1.165, 1.54) is 26.4 Å². The Labute approximate surface area is 99.9 Å². The van der Waals surface area contributed by atoms with Crippen LogP contribution in [0.1, 0.15) is 23.7 Å². The predicted molar refractivity (Wildman–Crippen MR) is 61.8 cm³/mol. The Morgan fingerprint density at radius 2 is 1.76 bits per heavy atom. The van der Waals surface area contributed by atoms with E-state index in [-0.39, 0.29) is 22.8 Å². The highest BCUT2D eigenvalue weighted by molar-refractivity contribution is 5.91. The third-order valence-electron chi connectivity index (χ3n) is 2.15. The number of hydrogen-bond acceptors (Lipinski definition) is 5. The van der Waals surface area contributed by atoms with E-state index in [1.807, 2.05) is 6.92 Å². The highest BCUT2D eigenvalue weighted by atomic mass is 16.5. The molecule has 17 heavy (non-hydrogen) atoms. The SMILES string of the molecule is CCCOC(=O)c1cc(OC)c(O)c(OC)c1. The molecule has 0 aromatic heterocycles. The first-order valence-corrected chi connectivity index (χ1v) is 5.26. The minimum absolute atomic E-state index is 0.137. The van der Waals surface area contributed by atoms with Crippen LogP contribution in [-0.4, -0.2) is 31.9 Å². The van der Waals surface area contributed by atoms with Gasteiger partial charge in [0, 0.05) is 0 Å². The van der Waals surface area contributed by atoms with Crippen molar-refractivity contribution >= 4 is 5.97 Å². The number of carbonyl (C=O) groups excluding carboxylic acids is 1. The van der Waals surface area contributed by atoms with Crippen LogP contribution in [0.3, 0.4) is 0 Å². The fourth-order valence-corrected chi connectivity index (χ4v) is 1.29. The van der Waals surface area contributed by atoms with Crippen molar-refractivity contribution in [3.05, 3.63) is 17.7 Å². The van der Waals surface area contributed by atoms with E-state index < -0.39 is 5.97 Å². The molecule has 5 heteroatoms. The van der Waals surface area contributed by atoms with Gasteiger partial charge in [0.15, 0.2) is 11.5 Å². The minimum Gasteiger partial charge on any atom is -0.502 e. The number of carbonyl (C=O) groups is 1. The summed E-state index contributed by atoms with van der Waals surface area (Å²) in [6, 6.07) is 2.83. The summed E-state index contributed by atoms with van der Waals surface area (Å²) in [7, 11) is 2.80. The smallest absolute Gasteiger partial charge is 0.338 e. The molecule has 5 nitrogen and oxygen atoms in total. The molecule has 0 aliphatic heterocycles. The van der Waals surface area contributed by atoms with E-state index in [9.17, 15) is 9.90 Å². The van der Waals surface area contributed by atoms with Crippen LogP contribution in [-0.2, 0) is 4.74 Å². The van der Waals surface area contributed by atoms with Crippen molar-refractivity contribution in [1.82, 2.24) is 0 Å². The van der Waals surface area contributed by atoms with Gasteiger partial charge in [0.2, 0.25) is 5.75 Å². The molecule has 0 saturated carbocycles. The number of ether oxygens (including phenoxy) is 3. The summed E-state index contributed by atoms with van der Waals surface area (Å²) in [5.41, 5.74) is 0.282. The molecule has 0 unspecified atom stereocenters. The van der Waals surface area contributed by atoms with Crippen molar-refractivity contribution in [2.24, 2.45) is 0 Å². The van der Waals surface area contributed by atoms with E-state index in [0.717, 1.165) is 6.42 Å². The Bertz CT molecular complexity index is 375. The Hall–Kier alpha value is -1.91. The van der Waals surface area contributed by atoms with Crippen molar-refractivity contribution in [2.45, 2.75) is 13.3 Å². The largest absolute Gasteiger partial charge is 0.502 e. The summed E-state index contributed by atoms with van der Waals surface area (Å²) in [4.78, 5) is 11.6. The zero-order valence-electron chi connectivity index (χ0n) is 10.1. The molecule has 0 radical (unpaired) electrons. The molecule has 0 bridgehead atoms. The zero-order chi connectivity index (χ0) is 12.8. The maximum atomic E-state index is 11.6. The van der Waals surface area contributed by atoms with Crippen molar-refractivity contribution < 1.29 is 24.1 Å². The van der Waals surface area contributed by atoms with Crippen LogP contribution >= 0.6 is 0 Å². The second-order valence-corrected chi connectivity index (χ2v) is 3.37. The van der Waals surface area contributed by atoms with Gasteiger partial charge in [-0.25, -0.2) is 4.79 Å². The van der Waals surface area contributed by atoms with Crippen LogP contribution in [0.4, 0.5) is 0 Å². The lowest BCUT2D eigenvalue weighted by Crippen LogP contribution is -2.06. The highest BCUT2D eigenvalue weighted by Gasteiger charge is 2.16. The zero-order valence-corrected chi connectivity index (χ0v) is 10.1. The van der Waals surface area contributed by atoms with Crippen molar-refractivity contribution in [1.29, 1.82) is 0 Å². The van der Waals surface area contributed by atoms with Gasteiger partial charge in [0.1, 0.15) is 0 Å². The number of methoxy groups -OCH3 is 2. The number of esters is 1. The first-order chi connectivity index (χ1) is 8.13. The molecule has 0 aliphatic rings. The Morgan fingerprint density at radius 3 is 2.18 bits per heavy atom. The van der Waals surface area contributed by atoms with E-state index in [1.54, 1.807) is 0 Å². The van der Waals surface area contributed by atoms with Gasteiger partial charge in [0.05, 0.1) is 26.4 Å². The summed E-state index contributed by atoms with van der Waals surface area (Å²) < 4.78 is 14.9. The van der Waals surface area contributed by atoms with Crippen LogP contribution in [0.2, 0.25) is 0 Å². The van der Waals surface area contributed by atoms with Gasteiger partial charge in [0.25, 0.3) is 0 Å². The minimum atomic E-state index is -0.469. The number of benzene rings is 1. The molecule has 0 amide bonds. The van der Waals surface area contributed by atoms with Crippen molar-refractivity contribution in [3.63, 3.8) is 0 Å². The number of phenols is 1. The standard InChI is InChI=1S/C12H16O5/c1-4-5-17-12(14)8-6-9(15-2)11(13)10(7-8)16-3/h6-7,13H,4-5H2,1-3H3. The number of rotatable bonds is 5. The summed E-state index contributed by atoms with van der Waals surface area (Å²) in [5.74, 6) is -0.258. The summed E-state index contributed by atoms with van der Waals surface area (Å²) in [6.07, 6.45) is 0.748. The molecule has 0 aliphatic carbocycles.